The molecular formula is C22H22O5. The molecule has 0 fully saturated rings. The van der Waals surface area contributed by atoms with Crippen molar-refractivity contribution in [3.05, 3.63) is 71.3 Å². The summed E-state index contributed by atoms with van der Waals surface area (Å²) in [4.78, 5) is 22.5. The Morgan fingerprint density at radius 3 is 2.30 bits per heavy atom. The van der Waals surface area contributed by atoms with Crippen LogP contribution in [0, 0.1) is 0 Å². The fourth-order valence-electron chi connectivity index (χ4n) is 2.49. The minimum atomic E-state index is -1.65. The molecule has 0 heterocycles. The van der Waals surface area contributed by atoms with Crippen molar-refractivity contribution in [2.45, 2.75) is 19.8 Å². The number of rotatable bonds is 7. The van der Waals surface area contributed by atoms with Gasteiger partial charge >= 0.3 is 11.9 Å². The van der Waals surface area contributed by atoms with Crippen molar-refractivity contribution in [2.24, 2.45) is 0 Å². The molecule has 2 rings (SSSR count). The number of ether oxygens (including phenoxy) is 2. The fourth-order valence-corrected chi connectivity index (χ4v) is 2.49. The van der Waals surface area contributed by atoms with Crippen LogP contribution in [0.5, 0.6) is 11.5 Å². The Morgan fingerprint density at radius 2 is 1.70 bits per heavy atom. The molecule has 0 saturated carbocycles. The van der Waals surface area contributed by atoms with Gasteiger partial charge in [-0.2, -0.15) is 0 Å². The molecule has 2 aromatic carbocycles. The highest BCUT2D eigenvalue weighted by Gasteiger charge is 2.19. The summed E-state index contributed by atoms with van der Waals surface area (Å²) in [5.74, 6) is -2.28. The van der Waals surface area contributed by atoms with Crippen LogP contribution in [0.15, 0.2) is 54.6 Å². The zero-order chi connectivity index (χ0) is 19.8. The first-order valence-corrected chi connectivity index (χ1v) is 8.44. The van der Waals surface area contributed by atoms with E-state index in [9.17, 15) is 9.59 Å². The topological polar surface area (TPSA) is 72.8 Å². The maximum atomic E-state index is 11.6. The van der Waals surface area contributed by atoms with Crippen LogP contribution < -0.4 is 9.47 Å². The maximum Gasteiger partial charge on any atom is 0.422 e. The third-order valence-electron chi connectivity index (χ3n) is 3.86. The number of carbonyl (C=O) groups is 2. The van der Waals surface area contributed by atoms with Crippen LogP contribution in [0.3, 0.4) is 0 Å². The van der Waals surface area contributed by atoms with Gasteiger partial charge in [0.05, 0.1) is 7.11 Å². The molecule has 0 spiro atoms. The number of carboxylic acids is 1. The maximum absolute atomic E-state index is 11.6. The van der Waals surface area contributed by atoms with E-state index >= 15 is 0 Å². The van der Waals surface area contributed by atoms with E-state index in [2.05, 4.69) is 6.58 Å². The van der Waals surface area contributed by atoms with Crippen LogP contribution in [0.1, 0.15) is 30.0 Å². The quantitative estimate of drug-likeness (QED) is 0.259. The van der Waals surface area contributed by atoms with Crippen molar-refractivity contribution in [3.8, 4) is 11.5 Å². The van der Waals surface area contributed by atoms with Crippen molar-refractivity contribution in [3.63, 3.8) is 0 Å². The molecule has 0 unspecified atom stereocenters. The number of benzene rings is 2. The lowest BCUT2D eigenvalue weighted by Gasteiger charge is -2.15. The standard InChI is InChI=1S/C22H22O5/c1-15(2)9-12-18-19(26-3)13-17(11-10-16-7-5-4-6-8-16)14-20(18)27-22(25)21(23)24/h4-8,10-11,13-14H,1,9,12H2,2-3H3,(H,23,24). The van der Waals surface area contributed by atoms with Crippen LogP contribution in [-0.2, 0) is 16.0 Å². The molecule has 5 nitrogen and oxygen atoms in total. The van der Waals surface area contributed by atoms with Crippen molar-refractivity contribution in [1.29, 1.82) is 0 Å². The first kappa shape index (κ1) is 20.0. The fraction of sp³-hybridized carbons (Fsp3) is 0.182. The second-order valence-electron chi connectivity index (χ2n) is 6.10. The molecule has 0 amide bonds. The number of allylic oxidation sites excluding steroid dienone is 1. The summed E-state index contributed by atoms with van der Waals surface area (Å²) in [5, 5.41) is 8.87. The Bertz CT molecular complexity index is 866. The van der Waals surface area contributed by atoms with Crippen LogP contribution in [-0.4, -0.2) is 24.2 Å². The molecule has 0 saturated heterocycles. The highest BCUT2D eigenvalue weighted by atomic mass is 16.6. The van der Waals surface area contributed by atoms with E-state index < -0.39 is 11.9 Å². The molecule has 27 heavy (non-hydrogen) atoms. The Hall–Kier alpha value is -3.34. The van der Waals surface area contributed by atoms with Crippen molar-refractivity contribution in [2.75, 3.05) is 7.11 Å². The molecule has 0 radical (unpaired) electrons. The first-order valence-electron chi connectivity index (χ1n) is 8.44. The summed E-state index contributed by atoms with van der Waals surface area (Å²) < 4.78 is 10.5. The Kier molecular flexibility index (Phi) is 6.94. The number of esters is 1. The van der Waals surface area contributed by atoms with E-state index in [1.165, 1.54) is 7.11 Å². The summed E-state index contributed by atoms with van der Waals surface area (Å²) >= 11 is 0. The number of aliphatic carboxylic acids is 1. The van der Waals surface area contributed by atoms with Crippen molar-refractivity contribution >= 4 is 24.1 Å². The van der Waals surface area contributed by atoms with Crippen LogP contribution >= 0.6 is 0 Å². The minimum absolute atomic E-state index is 0.177. The monoisotopic (exact) mass is 366 g/mol. The van der Waals surface area contributed by atoms with Crippen molar-refractivity contribution in [1.82, 2.24) is 0 Å². The molecule has 5 heteroatoms. The molecule has 2 aromatic rings. The lowest BCUT2D eigenvalue weighted by molar-refractivity contribution is -0.158. The second kappa shape index (κ2) is 9.38. The zero-order valence-corrected chi connectivity index (χ0v) is 15.4. The van der Waals surface area contributed by atoms with E-state index in [0.717, 1.165) is 16.7 Å². The predicted octanol–water partition coefficient (Wildman–Crippen LogP) is 4.36. The summed E-state index contributed by atoms with van der Waals surface area (Å²) in [6, 6.07) is 13.2. The van der Waals surface area contributed by atoms with Gasteiger partial charge in [0.15, 0.2) is 0 Å². The number of hydrogen-bond acceptors (Lipinski definition) is 4. The third kappa shape index (κ3) is 5.85. The third-order valence-corrected chi connectivity index (χ3v) is 3.86. The van der Waals surface area contributed by atoms with E-state index in [0.29, 0.717) is 24.2 Å². The molecule has 0 aromatic heterocycles. The summed E-state index contributed by atoms with van der Waals surface area (Å²) in [6.07, 6.45) is 4.93. The van der Waals surface area contributed by atoms with Gasteiger partial charge in [0, 0.05) is 5.56 Å². The number of carboxylic acid groups (broad SMARTS) is 1. The van der Waals surface area contributed by atoms with E-state index in [4.69, 9.17) is 14.6 Å². The number of hydrogen-bond donors (Lipinski definition) is 1. The number of carbonyl (C=O) groups excluding carboxylic acids is 1. The predicted molar refractivity (Wildman–Crippen MR) is 105 cm³/mol. The molecule has 0 aliphatic rings. The van der Waals surface area contributed by atoms with Gasteiger partial charge in [-0.15, -0.1) is 6.58 Å². The lowest BCUT2D eigenvalue weighted by Crippen LogP contribution is -2.20. The SMILES string of the molecule is C=C(C)CCc1c(OC)cc(C=Cc2ccccc2)cc1OC(=O)C(=O)O. The highest BCUT2D eigenvalue weighted by molar-refractivity contribution is 6.29. The van der Waals surface area contributed by atoms with Gasteiger partial charge in [0.1, 0.15) is 11.5 Å². The molecule has 1 N–H and O–H groups in total. The van der Waals surface area contributed by atoms with Crippen molar-refractivity contribution < 1.29 is 24.2 Å². The van der Waals surface area contributed by atoms with Gasteiger partial charge in [0.2, 0.25) is 0 Å². The molecule has 140 valence electrons. The smallest absolute Gasteiger partial charge is 0.422 e. The van der Waals surface area contributed by atoms with Gasteiger partial charge in [-0.3, -0.25) is 0 Å². The van der Waals surface area contributed by atoms with Crippen LogP contribution in [0.25, 0.3) is 12.2 Å². The van der Waals surface area contributed by atoms with E-state index in [-0.39, 0.29) is 5.75 Å². The Morgan fingerprint density at radius 1 is 1.07 bits per heavy atom. The molecule has 0 bridgehead atoms. The van der Waals surface area contributed by atoms with Gasteiger partial charge in [0.25, 0.3) is 0 Å². The Labute approximate surface area is 158 Å². The largest absolute Gasteiger partial charge is 0.496 e. The van der Waals surface area contributed by atoms with Gasteiger partial charge in [-0.25, -0.2) is 9.59 Å². The second-order valence-corrected chi connectivity index (χ2v) is 6.10. The van der Waals surface area contributed by atoms with Crippen LogP contribution in [0.2, 0.25) is 0 Å². The zero-order valence-electron chi connectivity index (χ0n) is 15.4. The normalized spacial score (nSPS) is 10.6. The summed E-state index contributed by atoms with van der Waals surface area (Å²) in [6.45, 7) is 5.77. The highest BCUT2D eigenvalue weighted by Crippen LogP contribution is 2.33. The van der Waals surface area contributed by atoms with E-state index in [1.54, 1.807) is 6.07 Å². The molecule has 0 atom stereocenters. The molecule has 0 aliphatic carbocycles. The van der Waals surface area contributed by atoms with Gasteiger partial charge in [-0.1, -0.05) is 48.1 Å². The molecule has 0 aliphatic heterocycles. The van der Waals surface area contributed by atoms with Gasteiger partial charge < -0.3 is 14.6 Å². The first-order chi connectivity index (χ1) is 12.9. The summed E-state index contributed by atoms with van der Waals surface area (Å²) in [7, 11) is 1.52. The average molecular weight is 366 g/mol. The Balaban J connectivity index is 2.43. The lowest BCUT2D eigenvalue weighted by atomic mass is 10.0. The average Bonchev–Trinajstić information content (AvgIpc) is 2.65. The number of methoxy groups -OCH3 is 1. The summed E-state index contributed by atoms with van der Waals surface area (Å²) in [5.41, 5.74) is 3.32. The minimum Gasteiger partial charge on any atom is -0.496 e. The molecular weight excluding hydrogens is 344 g/mol. The van der Waals surface area contributed by atoms with Crippen LogP contribution in [0.4, 0.5) is 0 Å². The van der Waals surface area contributed by atoms with Gasteiger partial charge in [-0.05, 0) is 43.0 Å². The van der Waals surface area contributed by atoms with E-state index in [1.807, 2.05) is 55.5 Å².